The van der Waals surface area contributed by atoms with Crippen LogP contribution in [-0.4, -0.2) is 12.6 Å². The Balaban J connectivity index is 1.61. The summed E-state index contributed by atoms with van der Waals surface area (Å²) in [4.78, 5) is 14.6. The van der Waals surface area contributed by atoms with Crippen LogP contribution >= 0.6 is 0 Å². The average molecular weight is 481 g/mol. The molecule has 2 spiro atoms. The van der Waals surface area contributed by atoms with Gasteiger partial charge >= 0.3 is 0 Å². The minimum atomic E-state index is -0.307. The summed E-state index contributed by atoms with van der Waals surface area (Å²) in [5.41, 5.74) is 5.36. The second-order valence-electron chi connectivity index (χ2n) is 12.0. The topological polar surface area (TPSA) is 39.4 Å². The lowest BCUT2D eigenvalue weighted by atomic mass is 9.73. The summed E-state index contributed by atoms with van der Waals surface area (Å²) in [6, 6.07) is 6.70. The number of rotatable bonds is 2. The van der Waals surface area contributed by atoms with E-state index in [1.807, 2.05) is 0 Å². The van der Waals surface area contributed by atoms with Crippen LogP contribution in [0.25, 0.3) is 27.2 Å². The lowest BCUT2D eigenvalue weighted by Gasteiger charge is -2.35. The van der Waals surface area contributed by atoms with Gasteiger partial charge < -0.3 is 9.47 Å². The molecule has 0 unspecified atom stereocenters. The van der Waals surface area contributed by atoms with Gasteiger partial charge in [0.25, 0.3) is 0 Å². The van der Waals surface area contributed by atoms with Gasteiger partial charge in [0.05, 0.1) is 21.6 Å². The van der Waals surface area contributed by atoms with Gasteiger partial charge in [0.15, 0.2) is 29.0 Å². The number of nitrogens with zero attached hydrogens (tertiary/aromatic N) is 1. The maximum atomic E-state index is 14.6. The third-order valence-corrected chi connectivity index (χ3v) is 10.9. The number of aromatic nitrogens is 1. The highest BCUT2D eigenvalue weighted by Gasteiger charge is 2.64. The quantitative estimate of drug-likeness (QED) is 0.301. The fourth-order valence-corrected chi connectivity index (χ4v) is 9.21. The van der Waals surface area contributed by atoms with Gasteiger partial charge in [0, 0.05) is 29.5 Å². The Hall–Kier alpha value is -2.88. The Bertz CT molecular complexity index is 1530. The van der Waals surface area contributed by atoms with Gasteiger partial charge in [-0.1, -0.05) is 52.2 Å². The van der Waals surface area contributed by atoms with Gasteiger partial charge in [-0.3, -0.25) is 4.79 Å². The molecule has 3 aromatic rings. The Labute approximate surface area is 212 Å². The predicted molar refractivity (Wildman–Crippen MR) is 141 cm³/mol. The molecule has 3 aliphatic carbocycles. The molecule has 8 rings (SSSR count). The molecule has 36 heavy (non-hydrogen) atoms. The third-order valence-electron chi connectivity index (χ3n) is 10.9. The highest BCUT2D eigenvalue weighted by Crippen LogP contribution is 2.62. The molecule has 5 aliphatic rings. The molecule has 3 heterocycles. The zero-order valence-corrected chi connectivity index (χ0v) is 21.5. The van der Waals surface area contributed by atoms with Crippen molar-refractivity contribution in [2.75, 3.05) is 6.79 Å². The summed E-state index contributed by atoms with van der Waals surface area (Å²) in [6.45, 7) is 9.56. The van der Waals surface area contributed by atoms with Crippen molar-refractivity contribution < 1.29 is 18.8 Å². The Morgan fingerprint density at radius 1 is 0.972 bits per heavy atom. The zero-order valence-electron chi connectivity index (χ0n) is 21.5. The van der Waals surface area contributed by atoms with Crippen LogP contribution in [0.1, 0.15) is 94.7 Å². The first-order valence-electron chi connectivity index (χ1n) is 14.1. The Morgan fingerprint density at radius 2 is 1.67 bits per heavy atom. The Morgan fingerprint density at radius 3 is 2.36 bits per heavy atom. The largest absolute Gasteiger partial charge is 0.454 e. The maximum Gasteiger partial charge on any atom is 0.231 e. The lowest BCUT2D eigenvalue weighted by molar-refractivity contribution is -0.727. The van der Waals surface area contributed by atoms with E-state index in [4.69, 9.17) is 16.1 Å². The van der Waals surface area contributed by atoms with Crippen LogP contribution < -0.4 is 14.0 Å². The molecule has 0 N–H and O–H groups in total. The van der Waals surface area contributed by atoms with E-state index in [1.165, 1.54) is 27.4 Å². The standard InChI is InChI=1S/C32H34NO3/c1-4-32(5-2)19(3)24-25-20(16-23-28(24)36-18-35-23)10-11-21-26-22(17-33(32)27(21)25)30(12-6-7-13-30)29(34)31(26)14-8-9-15-31/h10-11,16-17H,3-9,12-15,18H2,1-2H3/q+1. The number of carbonyl (C=O) groups excluding carboxylic acids is 1. The van der Waals surface area contributed by atoms with Crippen LogP contribution in [0.5, 0.6) is 11.5 Å². The van der Waals surface area contributed by atoms with E-state index in [0.29, 0.717) is 5.78 Å². The van der Waals surface area contributed by atoms with Crippen molar-refractivity contribution in [3.63, 3.8) is 0 Å². The molecule has 2 fully saturated rings. The fraction of sp³-hybridized carbons (Fsp3) is 0.500. The number of fused-ring (bicyclic) bond motifs is 6. The zero-order chi connectivity index (χ0) is 24.4. The van der Waals surface area contributed by atoms with Crippen LogP contribution in [-0.2, 0) is 21.2 Å². The minimum Gasteiger partial charge on any atom is -0.454 e. The molecule has 2 aromatic carbocycles. The van der Waals surface area contributed by atoms with E-state index in [1.54, 1.807) is 0 Å². The van der Waals surface area contributed by atoms with Crippen LogP contribution in [0.4, 0.5) is 0 Å². The van der Waals surface area contributed by atoms with Crippen LogP contribution in [0.3, 0.4) is 0 Å². The van der Waals surface area contributed by atoms with Gasteiger partial charge in [-0.25, -0.2) is 0 Å². The van der Waals surface area contributed by atoms with Crippen molar-refractivity contribution in [2.45, 2.75) is 94.4 Å². The molecular weight excluding hydrogens is 446 g/mol. The van der Waals surface area contributed by atoms with Gasteiger partial charge in [-0.15, -0.1) is 0 Å². The Kier molecular flexibility index (Phi) is 3.95. The average Bonchev–Trinajstić information content (AvgIpc) is 3.70. The second kappa shape index (κ2) is 6.70. The summed E-state index contributed by atoms with van der Waals surface area (Å²) in [5.74, 6) is 2.21. The minimum absolute atomic E-state index is 0.255. The number of ketones is 1. The van der Waals surface area contributed by atoms with Gasteiger partial charge in [-0.2, -0.15) is 4.57 Å². The van der Waals surface area contributed by atoms with Gasteiger partial charge in [-0.05, 0) is 48.8 Å². The summed E-state index contributed by atoms with van der Waals surface area (Å²) < 4.78 is 14.5. The van der Waals surface area contributed by atoms with E-state index >= 15 is 0 Å². The molecule has 0 bridgehead atoms. The summed E-state index contributed by atoms with van der Waals surface area (Å²) in [6.07, 6.45) is 13.0. The maximum absolute atomic E-state index is 14.6. The van der Waals surface area contributed by atoms with Crippen molar-refractivity contribution in [1.29, 1.82) is 0 Å². The molecule has 0 amide bonds. The first-order chi connectivity index (χ1) is 17.5. The van der Waals surface area contributed by atoms with Crippen molar-refractivity contribution in [1.82, 2.24) is 0 Å². The smallest absolute Gasteiger partial charge is 0.231 e. The van der Waals surface area contributed by atoms with Crippen molar-refractivity contribution >= 4 is 33.0 Å². The number of hydrogen-bond acceptors (Lipinski definition) is 3. The summed E-state index contributed by atoms with van der Waals surface area (Å²) in [5, 5.41) is 3.67. The highest BCUT2D eigenvalue weighted by atomic mass is 16.7. The number of allylic oxidation sites excluding steroid dienone is 1. The number of hydrogen-bond donors (Lipinski definition) is 0. The second-order valence-corrected chi connectivity index (χ2v) is 12.0. The number of pyridine rings is 1. The van der Waals surface area contributed by atoms with E-state index in [0.717, 1.165) is 92.2 Å². The summed E-state index contributed by atoms with van der Waals surface area (Å²) >= 11 is 0. The van der Waals surface area contributed by atoms with Crippen molar-refractivity contribution in [2.24, 2.45) is 0 Å². The van der Waals surface area contributed by atoms with Gasteiger partial charge in [0.1, 0.15) is 0 Å². The highest BCUT2D eigenvalue weighted by molar-refractivity contribution is 6.16. The molecule has 2 saturated carbocycles. The van der Waals surface area contributed by atoms with E-state index in [-0.39, 0.29) is 23.2 Å². The molecule has 4 nitrogen and oxygen atoms in total. The van der Waals surface area contributed by atoms with Crippen molar-refractivity contribution in [3.05, 3.63) is 47.7 Å². The molecule has 0 radical (unpaired) electrons. The van der Waals surface area contributed by atoms with E-state index in [2.05, 4.69) is 42.8 Å². The van der Waals surface area contributed by atoms with Crippen LogP contribution in [0.15, 0.2) is 31.0 Å². The lowest BCUT2D eigenvalue weighted by Crippen LogP contribution is -2.58. The predicted octanol–water partition coefficient (Wildman–Crippen LogP) is 6.76. The molecule has 184 valence electrons. The molecule has 4 heteroatoms. The SMILES string of the molecule is C=C1c2c3c(cc4ccc5c6c(c[n+](c5c24)C1(CC)CC)C1(CCCC1)C(=O)C61CCCC1)OCO3. The van der Waals surface area contributed by atoms with Crippen molar-refractivity contribution in [3.8, 4) is 11.5 Å². The number of benzene rings is 2. The third kappa shape index (κ3) is 2.09. The normalized spacial score (nSPS) is 23.7. The first-order valence-corrected chi connectivity index (χ1v) is 14.1. The molecular formula is C32H34NO3+. The van der Waals surface area contributed by atoms with E-state index < -0.39 is 0 Å². The van der Waals surface area contributed by atoms with Crippen LogP contribution in [0.2, 0.25) is 0 Å². The monoisotopic (exact) mass is 480 g/mol. The molecule has 0 saturated heterocycles. The van der Waals surface area contributed by atoms with Gasteiger partial charge in [0.2, 0.25) is 12.3 Å². The number of Topliss-reactive ketones (excluding diaryl/α,β-unsaturated/α-hetero) is 1. The number of carbonyl (C=O) groups is 1. The summed E-state index contributed by atoms with van der Waals surface area (Å²) in [7, 11) is 0. The van der Waals surface area contributed by atoms with Crippen LogP contribution in [0, 0.1) is 0 Å². The molecule has 0 atom stereocenters. The first kappa shape index (κ1) is 21.2. The van der Waals surface area contributed by atoms with E-state index in [9.17, 15) is 4.79 Å². The fourth-order valence-electron chi connectivity index (χ4n) is 9.21. The number of ether oxygens (including phenoxy) is 2. The molecule has 1 aromatic heterocycles. The molecule has 2 aliphatic heterocycles.